The molecule has 0 saturated carbocycles. The maximum absolute atomic E-state index is 5.12. The number of benzene rings is 1. The summed E-state index contributed by atoms with van der Waals surface area (Å²) in [6.45, 7) is 2.33. The summed E-state index contributed by atoms with van der Waals surface area (Å²) in [5.74, 6) is 1.66. The SMILES string of the molecule is CN=C(NCCCOC)NCc1ccc(OC)cc1. The van der Waals surface area contributed by atoms with Crippen LogP contribution in [0, 0.1) is 0 Å². The molecule has 106 valence electrons. The van der Waals surface area contributed by atoms with Gasteiger partial charge in [0.15, 0.2) is 5.96 Å². The fourth-order valence-corrected chi connectivity index (χ4v) is 1.57. The van der Waals surface area contributed by atoms with E-state index in [1.165, 1.54) is 5.56 Å². The molecule has 0 aromatic heterocycles. The van der Waals surface area contributed by atoms with Gasteiger partial charge in [-0.2, -0.15) is 0 Å². The Labute approximate surface area is 115 Å². The van der Waals surface area contributed by atoms with Crippen molar-refractivity contribution in [1.82, 2.24) is 10.6 Å². The van der Waals surface area contributed by atoms with Gasteiger partial charge < -0.3 is 20.1 Å². The summed E-state index contributed by atoms with van der Waals surface area (Å²) in [6.07, 6.45) is 0.958. The Bertz CT molecular complexity index is 377. The third kappa shape index (κ3) is 6.10. The minimum absolute atomic E-state index is 0.730. The first kappa shape index (κ1) is 15.3. The van der Waals surface area contributed by atoms with Crippen LogP contribution in [0.15, 0.2) is 29.3 Å². The van der Waals surface area contributed by atoms with E-state index >= 15 is 0 Å². The van der Waals surface area contributed by atoms with Crippen LogP contribution in [-0.2, 0) is 11.3 Å². The van der Waals surface area contributed by atoms with Gasteiger partial charge in [0.2, 0.25) is 0 Å². The molecule has 5 nitrogen and oxygen atoms in total. The molecule has 0 aliphatic rings. The van der Waals surface area contributed by atoms with Crippen molar-refractivity contribution >= 4 is 5.96 Å². The number of rotatable bonds is 7. The Hall–Kier alpha value is -1.75. The second-order valence-electron chi connectivity index (χ2n) is 4.05. The highest BCUT2D eigenvalue weighted by molar-refractivity contribution is 5.79. The fourth-order valence-electron chi connectivity index (χ4n) is 1.57. The number of nitrogens with one attached hydrogen (secondary N) is 2. The van der Waals surface area contributed by atoms with Crippen molar-refractivity contribution < 1.29 is 9.47 Å². The van der Waals surface area contributed by atoms with Crippen LogP contribution in [0.5, 0.6) is 5.75 Å². The average Bonchev–Trinajstić information content (AvgIpc) is 2.47. The van der Waals surface area contributed by atoms with Crippen LogP contribution in [0.2, 0.25) is 0 Å². The van der Waals surface area contributed by atoms with E-state index in [1.54, 1.807) is 21.3 Å². The highest BCUT2D eigenvalue weighted by Gasteiger charge is 1.98. The first-order valence-corrected chi connectivity index (χ1v) is 6.36. The molecule has 0 heterocycles. The van der Waals surface area contributed by atoms with Crippen LogP contribution >= 0.6 is 0 Å². The van der Waals surface area contributed by atoms with Crippen molar-refractivity contribution in [2.45, 2.75) is 13.0 Å². The molecule has 0 spiro atoms. The topological polar surface area (TPSA) is 54.9 Å². The number of aliphatic imine (C=N–C) groups is 1. The Morgan fingerprint density at radius 1 is 1.16 bits per heavy atom. The predicted molar refractivity (Wildman–Crippen MR) is 77.7 cm³/mol. The van der Waals surface area contributed by atoms with Gasteiger partial charge >= 0.3 is 0 Å². The fraction of sp³-hybridized carbons (Fsp3) is 0.500. The normalized spacial score (nSPS) is 11.2. The molecule has 0 unspecified atom stereocenters. The number of guanidine groups is 1. The van der Waals surface area contributed by atoms with Crippen LogP contribution in [-0.4, -0.2) is 40.4 Å². The van der Waals surface area contributed by atoms with Gasteiger partial charge in [-0.15, -0.1) is 0 Å². The summed E-state index contributed by atoms with van der Waals surface area (Å²) in [5.41, 5.74) is 1.18. The largest absolute Gasteiger partial charge is 0.497 e. The molecule has 0 radical (unpaired) electrons. The summed E-state index contributed by atoms with van der Waals surface area (Å²) in [7, 11) is 5.13. The molecule has 2 N–H and O–H groups in total. The van der Waals surface area contributed by atoms with Gasteiger partial charge in [0.25, 0.3) is 0 Å². The number of hydrogen-bond donors (Lipinski definition) is 2. The first-order valence-electron chi connectivity index (χ1n) is 6.36. The van der Waals surface area contributed by atoms with Crippen LogP contribution < -0.4 is 15.4 Å². The third-order valence-corrected chi connectivity index (χ3v) is 2.66. The quantitative estimate of drug-likeness (QED) is 0.444. The minimum Gasteiger partial charge on any atom is -0.497 e. The molecule has 5 heteroatoms. The lowest BCUT2D eigenvalue weighted by atomic mass is 10.2. The zero-order valence-electron chi connectivity index (χ0n) is 11.9. The average molecular weight is 265 g/mol. The van der Waals surface area contributed by atoms with Crippen molar-refractivity contribution in [3.63, 3.8) is 0 Å². The predicted octanol–water partition coefficient (Wildman–Crippen LogP) is 1.40. The molecule has 0 amide bonds. The zero-order valence-corrected chi connectivity index (χ0v) is 11.9. The van der Waals surface area contributed by atoms with Gasteiger partial charge in [0, 0.05) is 33.9 Å². The Morgan fingerprint density at radius 2 is 1.89 bits per heavy atom. The van der Waals surface area contributed by atoms with E-state index in [1.807, 2.05) is 24.3 Å². The van der Waals surface area contributed by atoms with E-state index in [2.05, 4.69) is 15.6 Å². The number of methoxy groups -OCH3 is 2. The Kier molecular flexibility index (Phi) is 7.43. The minimum atomic E-state index is 0.730. The highest BCUT2D eigenvalue weighted by atomic mass is 16.5. The van der Waals surface area contributed by atoms with Crippen molar-refractivity contribution in [3.8, 4) is 5.75 Å². The van der Waals surface area contributed by atoms with Crippen molar-refractivity contribution in [3.05, 3.63) is 29.8 Å². The maximum atomic E-state index is 5.12. The van der Waals surface area contributed by atoms with Crippen LogP contribution in [0.25, 0.3) is 0 Å². The first-order chi connectivity index (χ1) is 9.30. The summed E-state index contributed by atoms with van der Waals surface area (Å²) in [4.78, 5) is 4.16. The maximum Gasteiger partial charge on any atom is 0.191 e. The smallest absolute Gasteiger partial charge is 0.191 e. The Morgan fingerprint density at radius 3 is 2.47 bits per heavy atom. The molecular weight excluding hydrogens is 242 g/mol. The van der Waals surface area contributed by atoms with Gasteiger partial charge in [0.1, 0.15) is 5.75 Å². The van der Waals surface area contributed by atoms with Crippen LogP contribution in [0.4, 0.5) is 0 Å². The summed E-state index contributed by atoms with van der Waals surface area (Å²) in [5, 5.41) is 6.49. The lowest BCUT2D eigenvalue weighted by Gasteiger charge is -2.12. The van der Waals surface area contributed by atoms with E-state index in [0.29, 0.717) is 0 Å². The summed E-state index contributed by atoms with van der Waals surface area (Å²) >= 11 is 0. The van der Waals surface area contributed by atoms with Crippen molar-refractivity contribution in [2.24, 2.45) is 4.99 Å². The summed E-state index contributed by atoms with van der Waals surface area (Å²) < 4.78 is 10.1. The molecular formula is C14H23N3O2. The van der Waals surface area contributed by atoms with Crippen LogP contribution in [0.1, 0.15) is 12.0 Å². The lowest BCUT2D eigenvalue weighted by Crippen LogP contribution is -2.37. The lowest BCUT2D eigenvalue weighted by molar-refractivity contribution is 0.195. The molecule has 19 heavy (non-hydrogen) atoms. The molecule has 0 aliphatic heterocycles. The van der Waals surface area contributed by atoms with Gasteiger partial charge in [-0.25, -0.2) is 0 Å². The van der Waals surface area contributed by atoms with E-state index in [-0.39, 0.29) is 0 Å². The second-order valence-corrected chi connectivity index (χ2v) is 4.05. The molecule has 1 aromatic rings. The summed E-state index contributed by atoms with van der Waals surface area (Å²) in [6, 6.07) is 7.96. The molecule has 1 aromatic carbocycles. The van der Waals surface area contributed by atoms with Gasteiger partial charge in [0.05, 0.1) is 7.11 Å². The third-order valence-electron chi connectivity index (χ3n) is 2.66. The monoisotopic (exact) mass is 265 g/mol. The van der Waals surface area contributed by atoms with E-state index in [4.69, 9.17) is 9.47 Å². The molecule has 0 atom stereocenters. The second kappa shape index (κ2) is 9.22. The van der Waals surface area contributed by atoms with Crippen molar-refractivity contribution in [2.75, 3.05) is 34.4 Å². The number of ether oxygens (including phenoxy) is 2. The van der Waals surface area contributed by atoms with E-state index in [0.717, 1.165) is 37.8 Å². The Balaban J connectivity index is 2.32. The zero-order chi connectivity index (χ0) is 13.9. The standard InChI is InChI=1S/C14H23N3O2/c1-15-14(16-9-4-10-18-2)17-11-12-5-7-13(19-3)8-6-12/h5-8H,4,9-11H2,1-3H3,(H2,15,16,17). The molecule has 0 fully saturated rings. The van der Waals surface area contributed by atoms with Crippen molar-refractivity contribution in [1.29, 1.82) is 0 Å². The molecule has 0 saturated heterocycles. The van der Waals surface area contributed by atoms with Crippen LogP contribution in [0.3, 0.4) is 0 Å². The molecule has 1 rings (SSSR count). The molecule has 0 aliphatic carbocycles. The number of nitrogens with zero attached hydrogens (tertiary/aromatic N) is 1. The van der Waals surface area contributed by atoms with Gasteiger partial charge in [-0.05, 0) is 24.1 Å². The number of hydrogen-bond acceptors (Lipinski definition) is 3. The highest BCUT2D eigenvalue weighted by Crippen LogP contribution is 2.10. The van der Waals surface area contributed by atoms with Gasteiger partial charge in [-0.1, -0.05) is 12.1 Å². The van der Waals surface area contributed by atoms with E-state index < -0.39 is 0 Å². The van der Waals surface area contributed by atoms with Gasteiger partial charge in [-0.3, -0.25) is 4.99 Å². The molecule has 0 bridgehead atoms. The van der Waals surface area contributed by atoms with E-state index in [9.17, 15) is 0 Å².